The van der Waals surface area contributed by atoms with Gasteiger partial charge in [-0.3, -0.25) is 9.48 Å². The normalized spacial score (nSPS) is 10.2. The summed E-state index contributed by atoms with van der Waals surface area (Å²) in [5.41, 5.74) is 3.13. The summed E-state index contributed by atoms with van der Waals surface area (Å²) in [7, 11) is 1.85. The van der Waals surface area contributed by atoms with Crippen molar-refractivity contribution < 1.29 is 4.79 Å². The Balaban J connectivity index is 1.84. The average Bonchev–Trinajstić information content (AvgIpc) is 3.00. The Morgan fingerprint density at radius 2 is 2.12 bits per heavy atom. The van der Waals surface area contributed by atoms with Gasteiger partial charge in [0.25, 0.3) is 0 Å². The van der Waals surface area contributed by atoms with Gasteiger partial charge in [-0.05, 0) is 18.2 Å². The minimum atomic E-state index is -0.256. The minimum Gasteiger partial charge on any atom is -0.338 e. The smallest absolute Gasteiger partial charge is 0.247 e. The highest BCUT2D eigenvalue weighted by Gasteiger charge is 2.05. The van der Waals surface area contributed by atoms with Gasteiger partial charge in [-0.25, -0.2) is 9.97 Å². The maximum Gasteiger partial charge on any atom is 0.247 e. The van der Waals surface area contributed by atoms with Crippen LogP contribution < -0.4 is 10.6 Å². The average molecular weight is 320 g/mol. The highest BCUT2D eigenvalue weighted by molar-refractivity contribution is 5.99. The standard InChI is InChI=1S/C17H16N6O/c1-3-17(24)22-13-6-4-5-12(7-13)15-8-16(19-11-18-15)21-14-9-20-23(2)10-14/h3-11H,1H2,2H3,(H,22,24)(H,18,19,21). The molecule has 2 aromatic heterocycles. The van der Waals surface area contributed by atoms with Crippen molar-refractivity contribution in [2.45, 2.75) is 0 Å². The van der Waals surface area contributed by atoms with Crippen LogP contribution in [0.25, 0.3) is 11.3 Å². The van der Waals surface area contributed by atoms with E-state index in [1.54, 1.807) is 16.9 Å². The monoisotopic (exact) mass is 320 g/mol. The van der Waals surface area contributed by atoms with Gasteiger partial charge in [0.1, 0.15) is 12.1 Å². The van der Waals surface area contributed by atoms with Crippen LogP contribution in [0, 0.1) is 0 Å². The minimum absolute atomic E-state index is 0.256. The molecule has 7 heteroatoms. The lowest BCUT2D eigenvalue weighted by molar-refractivity contribution is -0.111. The molecular formula is C17H16N6O. The summed E-state index contributed by atoms with van der Waals surface area (Å²) in [5.74, 6) is 0.405. The Morgan fingerprint density at radius 3 is 2.88 bits per heavy atom. The van der Waals surface area contributed by atoms with Gasteiger partial charge in [0.15, 0.2) is 0 Å². The second-order valence-electron chi connectivity index (χ2n) is 5.09. The Morgan fingerprint density at radius 1 is 1.25 bits per heavy atom. The first kappa shape index (κ1) is 15.4. The summed E-state index contributed by atoms with van der Waals surface area (Å²) in [6, 6.07) is 9.25. The third kappa shape index (κ3) is 3.64. The zero-order valence-corrected chi connectivity index (χ0v) is 13.1. The zero-order valence-electron chi connectivity index (χ0n) is 13.1. The molecule has 0 bridgehead atoms. The molecule has 2 N–H and O–H groups in total. The molecule has 7 nitrogen and oxygen atoms in total. The van der Waals surface area contributed by atoms with Crippen molar-refractivity contribution in [1.82, 2.24) is 19.7 Å². The van der Waals surface area contributed by atoms with Gasteiger partial charge in [0.2, 0.25) is 5.91 Å². The zero-order chi connectivity index (χ0) is 16.9. The number of nitrogens with zero attached hydrogens (tertiary/aromatic N) is 4. The summed E-state index contributed by atoms with van der Waals surface area (Å²) < 4.78 is 1.70. The van der Waals surface area contributed by atoms with E-state index in [0.29, 0.717) is 11.5 Å². The summed E-state index contributed by atoms with van der Waals surface area (Å²) in [6.45, 7) is 3.44. The maximum absolute atomic E-state index is 11.4. The lowest BCUT2D eigenvalue weighted by Gasteiger charge is -2.07. The number of benzene rings is 1. The molecule has 1 aromatic carbocycles. The topological polar surface area (TPSA) is 84.7 Å². The summed E-state index contributed by atoms with van der Waals surface area (Å²) in [5, 5.41) is 10.0. The van der Waals surface area contributed by atoms with Crippen LogP contribution in [0.15, 0.2) is 61.7 Å². The maximum atomic E-state index is 11.4. The number of hydrogen-bond acceptors (Lipinski definition) is 5. The van der Waals surface area contributed by atoms with E-state index in [1.165, 1.54) is 12.4 Å². The van der Waals surface area contributed by atoms with Crippen LogP contribution in [-0.2, 0) is 11.8 Å². The van der Waals surface area contributed by atoms with Crippen molar-refractivity contribution in [3.63, 3.8) is 0 Å². The van der Waals surface area contributed by atoms with E-state index in [0.717, 1.165) is 16.9 Å². The first-order chi connectivity index (χ1) is 11.6. The number of hydrogen-bond donors (Lipinski definition) is 2. The summed E-state index contributed by atoms with van der Waals surface area (Å²) in [4.78, 5) is 19.9. The van der Waals surface area contributed by atoms with E-state index in [2.05, 4.69) is 32.3 Å². The second kappa shape index (κ2) is 6.74. The number of nitrogens with one attached hydrogen (secondary N) is 2. The molecule has 3 aromatic rings. The molecule has 0 aliphatic heterocycles. The molecule has 0 spiro atoms. The number of aryl methyl sites for hydroxylation is 1. The Bertz CT molecular complexity index is 886. The quantitative estimate of drug-likeness (QED) is 0.706. The first-order valence-corrected chi connectivity index (χ1v) is 7.25. The molecule has 0 aliphatic carbocycles. The molecular weight excluding hydrogens is 304 g/mol. The van der Waals surface area contributed by atoms with Crippen LogP contribution >= 0.6 is 0 Å². The van der Waals surface area contributed by atoms with E-state index in [-0.39, 0.29) is 5.91 Å². The largest absolute Gasteiger partial charge is 0.338 e. The lowest BCUT2D eigenvalue weighted by Crippen LogP contribution is -2.07. The molecule has 2 heterocycles. The van der Waals surface area contributed by atoms with Gasteiger partial charge in [0.05, 0.1) is 17.6 Å². The molecule has 0 aliphatic rings. The van der Waals surface area contributed by atoms with Crippen LogP contribution in [0.2, 0.25) is 0 Å². The fourth-order valence-corrected chi connectivity index (χ4v) is 2.17. The molecule has 0 saturated heterocycles. The molecule has 120 valence electrons. The summed E-state index contributed by atoms with van der Waals surface area (Å²) >= 11 is 0. The molecule has 0 atom stereocenters. The molecule has 1 amide bonds. The van der Waals surface area contributed by atoms with E-state index in [4.69, 9.17) is 0 Å². The van der Waals surface area contributed by atoms with Crippen LogP contribution in [0.3, 0.4) is 0 Å². The van der Waals surface area contributed by atoms with E-state index in [1.807, 2.05) is 37.5 Å². The van der Waals surface area contributed by atoms with Gasteiger partial charge in [0, 0.05) is 30.6 Å². The van der Waals surface area contributed by atoms with E-state index >= 15 is 0 Å². The fraction of sp³-hybridized carbons (Fsp3) is 0.0588. The number of amides is 1. The van der Waals surface area contributed by atoms with Gasteiger partial charge in [-0.1, -0.05) is 18.7 Å². The van der Waals surface area contributed by atoms with Gasteiger partial charge in [-0.15, -0.1) is 0 Å². The van der Waals surface area contributed by atoms with Crippen LogP contribution in [0.4, 0.5) is 17.2 Å². The van der Waals surface area contributed by atoms with Gasteiger partial charge in [-0.2, -0.15) is 5.10 Å². The summed E-state index contributed by atoms with van der Waals surface area (Å²) in [6.07, 6.45) is 6.29. The lowest BCUT2D eigenvalue weighted by atomic mass is 10.1. The predicted molar refractivity (Wildman–Crippen MR) is 92.8 cm³/mol. The molecule has 0 fully saturated rings. The van der Waals surface area contributed by atoms with Crippen molar-refractivity contribution in [3.05, 3.63) is 61.7 Å². The Labute approximate surface area is 139 Å². The van der Waals surface area contributed by atoms with Crippen LogP contribution in [0.5, 0.6) is 0 Å². The van der Waals surface area contributed by atoms with Gasteiger partial charge < -0.3 is 10.6 Å². The molecule has 0 radical (unpaired) electrons. The van der Waals surface area contributed by atoms with Crippen molar-refractivity contribution >= 4 is 23.1 Å². The number of anilines is 3. The first-order valence-electron chi connectivity index (χ1n) is 7.25. The Hall–Kier alpha value is -3.48. The second-order valence-corrected chi connectivity index (χ2v) is 5.09. The van der Waals surface area contributed by atoms with Crippen molar-refractivity contribution in [3.8, 4) is 11.3 Å². The Kier molecular flexibility index (Phi) is 4.33. The molecule has 0 saturated carbocycles. The third-order valence-electron chi connectivity index (χ3n) is 3.26. The van der Waals surface area contributed by atoms with Crippen molar-refractivity contribution in [2.24, 2.45) is 7.05 Å². The van der Waals surface area contributed by atoms with Gasteiger partial charge >= 0.3 is 0 Å². The highest BCUT2D eigenvalue weighted by atomic mass is 16.1. The fourth-order valence-electron chi connectivity index (χ4n) is 2.17. The highest BCUT2D eigenvalue weighted by Crippen LogP contribution is 2.23. The molecule has 24 heavy (non-hydrogen) atoms. The number of carbonyl (C=O) groups is 1. The van der Waals surface area contributed by atoms with Crippen LogP contribution in [0.1, 0.15) is 0 Å². The number of carbonyl (C=O) groups excluding carboxylic acids is 1. The molecule has 3 rings (SSSR count). The van der Waals surface area contributed by atoms with Crippen LogP contribution in [-0.4, -0.2) is 25.7 Å². The number of rotatable bonds is 5. The SMILES string of the molecule is C=CC(=O)Nc1cccc(-c2cc(Nc3cnn(C)c3)ncn2)c1. The number of aromatic nitrogens is 4. The van der Waals surface area contributed by atoms with Crippen molar-refractivity contribution in [2.75, 3.05) is 10.6 Å². The predicted octanol–water partition coefficient (Wildman–Crippen LogP) is 2.75. The third-order valence-corrected chi connectivity index (χ3v) is 3.26. The molecule has 0 unspecified atom stereocenters. The van der Waals surface area contributed by atoms with Crippen molar-refractivity contribution in [1.29, 1.82) is 0 Å². The van der Waals surface area contributed by atoms with E-state index < -0.39 is 0 Å². The van der Waals surface area contributed by atoms with E-state index in [9.17, 15) is 4.79 Å².